The van der Waals surface area contributed by atoms with Crippen molar-refractivity contribution in [2.75, 3.05) is 38.0 Å². The maximum Gasteiger partial charge on any atom is 0.266 e. The maximum absolute atomic E-state index is 13.9. The van der Waals surface area contributed by atoms with Crippen LogP contribution in [0, 0.1) is 32.4 Å². The summed E-state index contributed by atoms with van der Waals surface area (Å²) in [7, 11) is 0. The number of carbonyl (C=O) groups is 2. The Morgan fingerprint density at radius 1 is 1.08 bits per heavy atom. The number of fused-ring (bicyclic) bond motifs is 1. The van der Waals surface area contributed by atoms with Crippen molar-refractivity contribution in [2.45, 2.75) is 52.6 Å². The number of phenols is 1. The lowest BCUT2D eigenvalue weighted by Crippen LogP contribution is -2.53. The molecule has 0 aromatic heterocycles. The zero-order chi connectivity index (χ0) is 26.2. The number of amides is 2. The first-order chi connectivity index (χ1) is 17.0. The maximum atomic E-state index is 13.9. The van der Waals surface area contributed by atoms with Crippen molar-refractivity contribution >= 4 is 17.5 Å². The summed E-state index contributed by atoms with van der Waals surface area (Å²) in [6, 6.07) is 3.01. The molecule has 2 N–H and O–H groups in total. The monoisotopic (exact) mass is 501 g/mol. The SMILES string of the molecule is Cc1c(C)c2c(c(C)c1O)CCC(C)(C(=O)N1CCCN(CC(=O)Nc3ccc(F)cc3F)CC1)O2. The number of nitrogens with one attached hydrogen (secondary N) is 1. The Bertz CT molecular complexity index is 1200. The van der Waals surface area contributed by atoms with Gasteiger partial charge in [0.1, 0.15) is 23.1 Å². The van der Waals surface area contributed by atoms with Crippen molar-refractivity contribution in [3.05, 3.63) is 52.1 Å². The number of rotatable bonds is 4. The van der Waals surface area contributed by atoms with E-state index in [2.05, 4.69) is 5.32 Å². The molecule has 194 valence electrons. The van der Waals surface area contributed by atoms with E-state index in [1.165, 1.54) is 6.07 Å². The molecule has 4 rings (SSSR count). The third-order valence-electron chi connectivity index (χ3n) is 7.42. The summed E-state index contributed by atoms with van der Waals surface area (Å²) in [6.45, 7) is 9.57. The molecule has 9 heteroatoms. The third-order valence-corrected chi connectivity index (χ3v) is 7.42. The van der Waals surface area contributed by atoms with Crippen molar-refractivity contribution in [3.63, 3.8) is 0 Å². The molecule has 2 aromatic rings. The highest BCUT2D eigenvalue weighted by Gasteiger charge is 2.43. The van der Waals surface area contributed by atoms with Crippen molar-refractivity contribution in [1.29, 1.82) is 0 Å². The molecule has 36 heavy (non-hydrogen) atoms. The summed E-state index contributed by atoms with van der Waals surface area (Å²) in [6.07, 6.45) is 1.83. The molecule has 0 aliphatic carbocycles. The van der Waals surface area contributed by atoms with Gasteiger partial charge in [0.15, 0.2) is 5.60 Å². The number of carbonyl (C=O) groups excluding carboxylic acids is 2. The Balaban J connectivity index is 1.39. The van der Waals surface area contributed by atoms with Crippen LogP contribution in [0.2, 0.25) is 0 Å². The second kappa shape index (κ2) is 10.0. The van der Waals surface area contributed by atoms with Gasteiger partial charge in [0.05, 0.1) is 12.2 Å². The van der Waals surface area contributed by atoms with Gasteiger partial charge < -0.3 is 20.1 Å². The molecule has 2 aliphatic rings. The number of anilines is 1. The predicted octanol–water partition coefficient (Wildman–Crippen LogP) is 3.85. The van der Waals surface area contributed by atoms with Gasteiger partial charge in [-0.25, -0.2) is 8.78 Å². The van der Waals surface area contributed by atoms with Crippen LogP contribution in [0.3, 0.4) is 0 Å². The van der Waals surface area contributed by atoms with E-state index in [0.29, 0.717) is 51.2 Å². The van der Waals surface area contributed by atoms with Gasteiger partial charge >= 0.3 is 0 Å². The first-order valence-corrected chi connectivity index (χ1v) is 12.3. The van der Waals surface area contributed by atoms with Crippen LogP contribution in [0.4, 0.5) is 14.5 Å². The van der Waals surface area contributed by atoms with E-state index in [4.69, 9.17) is 4.74 Å². The third kappa shape index (κ3) is 5.02. The van der Waals surface area contributed by atoms with Crippen molar-refractivity contribution < 1.29 is 28.2 Å². The lowest BCUT2D eigenvalue weighted by Gasteiger charge is -2.39. The first-order valence-electron chi connectivity index (χ1n) is 12.3. The zero-order valence-corrected chi connectivity index (χ0v) is 21.2. The zero-order valence-electron chi connectivity index (χ0n) is 21.2. The van der Waals surface area contributed by atoms with Gasteiger partial charge in [-0.2, -0.15) is 0 Å². The average molecular weight is 502 g/mol. The molecule has 1 fully saturated rings. The summed E-state index contributed by atoms with van der Waals surface area (Å²) in [4.78, 5) is 29.8. The van der Waals surface area contributed by atoms with Crippen LogP contribution in [0.15, 0.2) is 18.2 Å². The highest BCUT2D eigenvalue weighted by molar-refractivity contribution is 5.92. The highest BCUT2D eigenvalue weighted by Crippen LogP contribution is 2.43. The molecule has 1 unspecified atom stereocenters. The molecule has 2 heterocycles. The minimum Gasteiger partial charge on any atom is -0.507 e. The molecule has 2 amide bonds. The van der Waals surface area contributed by atoms with Crippen molar-refractivity contribution in [2.24, 2.45) is 0 Å². The standard InChI is InChI=1S/C27H33F2N3O4/c1-16-17(2)25-20(18(3)24(16)34)8-9-27(4,36-25)26(35)32-11-5-10-31(12-13-32)15-23(33)30-22-7-6-19(28)14-21(22)29/h6-7,14,34H,5,8-13,15H2,1-4H3,(H,30,33). The second-order valence-corrected chi connectivity index (χ2v) is 9.96. The molecule has 2 aromatic carbocycles. The Morgan fingerprint density at radius 2 is 1.83 bits per heavy atom. The molecule has 0 bridgehead atoms. The minimum atomic E-state index is -1.01. The fourth-order valence-corrected chi connectivity index (χ4v) is 5.05. The fraction of sp³-hybridized carbons (Fsp3) is 0.481. The molecule has 0 saturated carbocycles. The molecule has 7 nitrogen and oxygen atoms in total. The predicted molar refractivity (Wildman–Crippen MR) is 132 cm³/mol. The van der Waals surface area contributed by atoms with Gasteiger partial charge in [0, 0.05) is 44.2 Å². The van der Waals surface area contributed by atoms with Crippen LogP contribution in [-0.4, -0.2) is 65.0 Å². The van der Waals surface area contributed by atoms with Crippen LogP contribution >= 0.6 is 0 Å². The van der Waals surface area contributed by atoms with Crippen molar-refractivity contribution in [3.8, 4) is 11.5 Å². The minimum absolute atomic E-state index is 0.0429. The molecule has 0 spiro atoms. The quantitative estimate of drug-likeness (QED) is 0.665. The topological polar surface area (TPSA) is 82.1 Å². The van der Waals surface area contributed by atoms with E-state index >= 15 is 0 Å². The molecule has 1 saturated heterocycles. The number of aromatic hydroxyl groups is 1. The van der Waals surface area contributed by atoms with Crippen LogP contribution in [0.1, 0.15) is 42.0 Å². The van der Waals surface area contributed by atoms with Gasteiger partial charge in [-0.1, -0.05) is 0 Å². The van der Waals surface area contributed by atoms with Gasteiger partial charge in [-0.15, -0.1) is 0 Å². The molecule has 1 atom stereocenters. The van der Waals surface area contributed by atoms with Gasteiger partial charge in [0.25, 0.3) is 5.91 Å². The number of nitrogens with zero attached hydrogens (tertiary/aromatic N) is 2. The number of ether oxygens (including phenoxy) is 1. The van der Waals surface area contributed by atoms with Gasteiger partial charge in [-0.3, -0.25) is 14.5 Å². The summed E-state index contributed by atoms with van der Waals surface area (Å²) in [5.74, 6) is -1.05. The largest absolute Gasteiger partial charge is 0.507 e. The normalized spacial score (nSPS) is 20.3. The molecular formula is C27H33F2N3O4. The lowest BCUT2D eigenvalue weighted by molar-refractivity contribution is -0.148. The van der Waals surface area contributed by atoms with Crippen LogP contribution in [-0.2, 0) is 16.0 Å². The number of phenolic OH excluding ortho intramolecular Hbond substituents is 1. The summed E-state index contributed by atoms with van der Waals surface area (Å²) >= 11 is 0. The van der Waals surface area contributed by atoms with E-state index in [-0.39, 0.29) is 23.9 Å². The number of benzene rings is 2. The van der Waals surface area contributed by atoms with Crippen LogP contribution in [0.25, 0.3) is 0 Å². The van der Waals surface area contributed by atoms with E-state index in [0.717, 1.165) is 34.4 Å². The summed E-state index contributed by atoms with van der Waals surface area (Å²) in [5.41, 5.74) is 2.27. The van der Waals surface area contributed by atoms with E-state index in [9.17, 15) is 23.5 Å². The number of hydrogen-bond donors (Lipinski definition) is 2. The lowest BCUT2D eigenvalue weighted by atomic mass is 9.86. The van der Waals surface area contributed by atoms with Crippen LogP contribution in [0.5, 0.6) is 11.5 Å². The molecule has 2 aliphatic heterocycles. The number of halogens is 2. The van der Waals surface area contributed by atoms with E-state index in [1.54, 1.807) is 4.90 Å². The van der Waals surface area contributed by atoms with E-state index < -0.39 is 23.1 Å². The highest BCUT2D eigenvalue weighted by atomic mass is 19.1. The Morgan fingerprint density at radius 3 is 2.56 bits per heavy atom. The van der Waals surface area contributed by atoms with Crippen LogP contribution < -0.4 is 10.1 Å². The van der Waals surface area contributed by atoms with E-state index in [1.807, 2.05) is 32.6 Å². The first kappa shape index (κ1) is 25.9. The Kier molecular flexibility index (Phi) is 7.22. The number of hydrogen-bond acceptors (Lipinski definition) is 5. The Hall–Kier alpha value is -3.20. The molecule has 0 radical (unpaired) electrons. The summed E-state index contributed by atoms with van der Waals surface area (Å²) in [5, 5.41) is 12.9. The average Bonchev–Trinajstić information content (AvgIpc) is 3.08. The Labute approximate surface area is 210 Å². The summed E-state index contributed by atoms with van der Waals surface area (Å²) < 4.78 is 33.3. The van der Waals surface area contributed by atoms with Crippen molar-refractivity contribution in [1.82, 2.24) is 9.80 Å². The fourth-order valence-electron chi connectivity index (χ4n) is 5.05. The molecular weight excluding hydrogens is 468 g/mol. The van der Waals surface area contributed by atoms with Gasteiger partial charge in [0.2, 0.25) is 5.91 Å². The smallest absolute Gasteiger partial charge is 0.266 e. The second-order valence-electron chi connectivity index (χ2n) is 9.96. The van der Waals surface area contributed by atoms with Gasteiger partial charge in [-0.05, 0) is 69.4 Å².